The average molecular weight is 309 g/mol. The first-order valence-corrected chi connectivity index (χ1v) is 6.49. The fourth-order valence-corrected chi connectivity index (χ4v) is 2.15. The van der Waals surface area contributed by atoms with Crippen molar-refractivity contribution in [1.29, 1.82) is 0 Å². The van der Waals surface area contributed by atoms with E-state index in [1.165, 1.54) is 13.2 Å². The van der Waals surface area contributed by atoms with E-state index in [-0.39, 0.29) is 5.56 Å². The first kappa shape index (κ1) is 16.3. The van der Waals surface area contributed by atoms with E-state index >= 15 is 0 Å². The molecule has 0 amide bonds. The molecule has 0 aliphatic heterocycles. The Labute approximate surface area is 115 Å². The number of carbonyl (C=O) groups is 2. The van der Waals surface area contributed by atoms with E-state index < -0.39 is 40.2 Å². The van der Waals surface area contributed by atoms with Crippen molar-refractivity contribution in [1.82, 2.24) is 4.98 Å². The summed E-state index contributed by atoms with van der Waals surface area (Å²) < 4.78 is 38.4. The number of alkyl halides is 3. The molecule has 1 atom stereocenters. The van der Waals surface area contributed by atoms with Gasteiger partial charge in [0.25, 0.3) is 0 Å². The molecule has 1 aromatic heterocycles. The van der Waals surface area contributed by atoms with Crippen molar-refractivity contribution in [2.45, 2.75) is 18.3 Å². The molecule has 0 radical (unpaired) electrons. The van der Waals surface area contributed by atoms with Crippen molar-refractivity contribution < 1.29 is 33.0 Å². The van der Waals surface area contributed by atoms with Gasteiger partial charge in [-0.3, -0.25) is 4.98 Å². The molecular formula is C11H10F3NO4S. The predicted molar refractivity (Wildman–Crippen MR) is 65.1 cm³/mol. The van der Waals surface area contributed by atoms with Gasteiger partial charge in [-0.1, -0.05) is 0 Å². The molecule has 0 bridgehead atoms. The Morgan fingerprint density at radius 1 is 1.30 bits per heavy atom. The van der Waals surface area contributed by atoms with Crippen LogP contribution in [0.1, 0.15) is 44.1 Å². The van der Waals surface area contributed by atoms with Crippen LogP contribution < -0.4 is 0 Å². The Bertz CT molecular complexity index is 559. The van der Waals surface area contributed by atoms with Gasteiger partial charge in [-0.25, -0.2) is 9.59 Å². The first-order chi connectivity index (χ1) is 9.11. The van der Waals surface area contributed by atoms with E-state index in [1.807, 2.05) is 0 Å². The maximum absolute atomic E-state index is 12.8. The van der Waals surface area contributed by atoms with Gasteiger partial charge in [-0.15, -0.1) is 0 Å². The van der Waals surface area contributed by atoms with Gasteiger partial charge < -0.3 is 10.2 Å². The summed E-state index contributed by atoms with van der Waals surface area (Å²) in [6, 6.07) is 0. The summed E-state index contributed by atoms with van der Waals surface area (Å²) >= 11 is 1.04. The number of carboxylic acid groups (broad SMARTS) is 2. The topological polar surface area (TPSA) is 87.5 Å². The highest BCUT2D eigenvalue weighted by atomic mass is 32.2. The maximum atomic E-state index is 12.8. The van der Waals surface area contributed by atoms with Crippen molar-refractivity contribution in [2.75, 3.05) is 6.26 Å². The van der Waals surface area contributed by atoms with Crippen LogP contribution in [0.5, 0.6) is 0 Å². The summed E-state index contributed by atoms with van der Waals surface area (Å²) in [6.45, 7) is 1.43. The fraction of sp³-hybridized carbons (Fsp3) is 0.364. The minimum Gasteiger partial charge on any atom is -0.478 e. The third-order valence-electron chi connectivity index (χ3n) is 2.59. The molecular weight excluding hydrogens is 299 g/mol. The summed E-state index contributed by atoms with van der Waals surface area (Å²) in [5.74, 6) is -3.38. The van der Waals surface area contributed by atoms with Gasteiger partial charge in [0.05, 0.1) is 11.1 Å². The Morgan fingerprint density at radius 3 is 2.20 bits per heavy atom. The van der Waals surface area contributed by atoms with Gasteiger partial charge in [-0.2, -0.15) is 24.9 Å². The highest BCUT2D eigenvalue weighted by Crippen LogP contribution is 2.38. The Hall–Kier alpha value is -1.77. The van der Waals surface area contributed by atoms with Gasteiger partial charge in [0.15, 0.2) is 5.69 Å². The van der Waals surface area contributed by atoms with Gasteiger partial charge in [0.2, 0.25) is 0 Å². The fourth-order valence-electron chi connectivity index (χ4n) is 1.67. The van der Waals surface area contributed by atoms with Crippen molar-refractivity contribution in [3.8, 4) is 0 Å². The summed E-state index contributed by atoms with van der Waals surface area (Å²) in [6.07, 6.45) is -2.90. The number of aromatic carboxylic acids is 2. The van der Waals surface area contributed by atoms with Crippen LogP contribution in [0, 0.1) is 0 Å². The second kappa shape index (κ2) is 5.70. The molecule has 0 aliphatic rings. The van der Waals surface area contributed by atoms with Crippen LogP contribution in [-0.2, 0) is 6.18 Å². The van der Waals surface area contributed by atoms with E-state index in [0.29, 0.717) is 6.20 Å². The molecule has 1 aromatic rings. The molecule has 2 N–H and O–H groups in total. The zero-order valence-corrected chi connectivity index (χ0v) is 11.2. The van der Waals surface area contributed by atoms with Crippen LogP contribution in [0.3, 0.4) is 0 Å². The van der Waals surface area contributed by atoms with Crippen LogP contribution in [0.2, 0.25) is 0 Å². The third-order valence-corrected chi connectivity index (χ3v) is 3.53. The van der Waals surface area contributed by atoms with E-state index in [9.17, 15) is 22.8 Å². The number of halogens is 3. The molecule has 20 heavy (non-hydrogen) atoms. The lowest BCUT2D eigenvalue weighted by Gasteiger charge is -2.18. The summed E-state index contributed by atoms with van der Waals surface area (Å²) in [5.41, 5.74) is -3.64. The number of aromatic nitrogens is 1. The van der Waals surface area contributed by atoms with Gasteiger partial charge >= 0.3 is 18.1 Å². The Kier molecular flexibility index (Phi) is 4.64. The van der Waals surface area contributed by atoms with Crippen LogP contribution in [-0.4, -0.2) is 33.4 Å². The number of hydrogen-bond donors (Lipinski definition) is 2. The quantitative estimate of drug-likeness (QED) is 0.889. The standard InChI is InChI=1S/C11H10F3NO4S/c1-4(20-2)6-5(9(16)17)3-15-8(11(12,13)14)7(6)10(18)19/h3-4H,1-2H3,(H,16,17)(H,18,19). The molecule has 9 heteroatoms. The van der Waals surface area contributed by atoms with Crippen LogP contribution in [0.25, 0.3) is 0 Å². The zero-order chi connectivity index (χ0) is 15.7. The van der Waals surface area contributed by atoms with Gasteiger partial charge in [0.1, 0.15) is 0 Å². The van der Waals surface area contributed by atoms with E-state index in [2.05, 4.69) is 4.98 Å². The molecule has 1 rings (SSSR count). The summed E-state index contributed by atoms with van der Waals surface area (Å²) in [7, 11) is 0. The van der Waals surface area contributed by atoms with Crippen LogP contribution in [0.4, 0.5) is 13.2 Å². The molecule has 0 spiro atoms. The monoisotopic (exact) mass is 309 g/mol. The molecule has 0 fully saturated rings. The zero-order valence-electron chi connectivity index (χ0n) is 10.4. The van der Waals surface area contributed by atoms with Crippen LogP contribution in [0.15, 0.2) is 6.20 Å². The number of carboxylic acids is 2. The highest BCUT2D eigenvalue weighted by molar-refractivity contribution is 7.98. The smallest absolute Gasteiger partial charge is 0.434 e. The number of thioether (sulfide) groups is 1. The van der Waals surface area contributed by atoms with Gasteiger partial charge in [-0.05, 0) is 18.7 Å². The molecule has 1 heterocycles. The number of pyridine rings is 1. The lowest BCUT2D eigenvalue weighted by Crippen LogP contribution is -2.21. The minimum absolute atomic E-state index is 0.389. The highest BCUT2D eigenvalue weighted by Gasteiger charge is 2.40. The minimum atomic E-state index is -4.97. The second-order valence-electron chi connectivity index (χ2n) is 3.80. The van der Waals surface area contributed by atoms with E-state index in [4.69, 9.17) is 10.2 Å². The maximum Gasteiger partial charge on any atom is 0.434 e. The molecule has 0 aromatic carbocycles. The molecule has 0 saturated carbocycles. The van der Waals surface area contributed by atoms with Crippen molar-refractivity contribution >= 4 is 23.7 Å². The number of nitrogens with zero attached hydrogens (tertiary/aromatic N) is 1. The van der Waals surface area contributed by atoms with Crippen LogP contribution >= 0.6 is 11.8 Å². The lowest BCUT2D eigenvalue weighted by atomic mass is 9.98. The predicted octanol–water partition coefficient (Wildman–Crippen LogP) is 2.92. The summed E-state index contributed by atoms with van der Waals surface area (Å²) in [5, 5.41) is 17.3. The molecule has 5 nitrogen and oxygen atoms in total. The number of rotatable bonds is 4. The van der Waals surface area contributed by atoms with E-state index in [0.717, 1.165) is 11.8 Å². The molecule has 0 aliphatic carbocycles. The van der Waals surface area contributed by atoms with Crippen molar-refractivity contribution in [3.63, 3.8) is 0 Å². The first-order valence-electron chi connectivity index (χ1n) is 5.20. The largest absolute Gasteiger partial charge is 0.478 e. The van der Waals surface area contributed by atoms with E-state index in [1.54, 1.807) is 0 Å². The molecule has 110 valence electrons. The summed E-state index contributed by atoms with van der Waals surface area (Å²) in [4.78, 5) is 25.2. The number of hydrogen-bond acceptors (Lipinski definition) is 4. The van der Waals surface area contributed by atoms with Gasteiger partial charge in [0, 0.05) is 11.4 Å². The van der Waals surface area contributed by atoms with Crippen molar-refractivity contribution in [2.24, 2.45) is 0 Å². The second-order valence-corrected chi connectivity index (χ2v) is 4.97. The molecule has 0 saturated heterocycles. The third kappa shape index (κ3) is 3.03. The van der Waals surface area contributed by atoms with Crippen molar-refractivity contribution in [3.05, 3.63) is 28.6 Å². The molecule has 1 unspecified atom stereocenters. The average Bonchev–Trinajstić information content (AvgIpc) is 2.34. The normalized spacial score (nSPS) is 13.1. The Balaban J connectivity index is 3.80. The Morgan fingerprint density at radius 2 is 1.85 bits per heavy atom. The SMILES string of the molecule is CSC(C)c1c(C(=O)O)cnc(C(F)(F)F)c1C(=O)O. The lowest BCUT2D eigenvalue weighted by molar-refractivity contribution is -0.141.